The van der Waals surface area contributed by atoms with Crippen molar-refractivity contribution < 1.29 is 13.9 Å². The number of carbonyl (C=O) groups excluding carboxylic acids is 1. The van der Waals surface area contributed by atoms with E-state index < -0.39 is 11.7 Å². The Balaban J connectivity index is 1.71. The van der Waals surface area contributed by atoms with Gasteiger partial charge < -0.3 is 14.6 Å². The fraction of sp³-hybridized carbons (Fsp3) is 0.360. The standard InChI is InChI=1S/C25H29Cl2FN4O2/c1-25(2,3)34-24(33)30-7-9-31(15-18-5-4-6-22(28)13-18)17-23-29-8-10-32(23)16-19-11-20(26)14-21(27)12-19/h4-6,8,10-14H,7,9,15-17H2,1-3H3,(H,30,33). The monoisotopic (exact) mass is 506 g/mol. The van der Waals surface area contributed by atoms with Crippen LogP contribution >= 0.6 is 23.2 Å². The van der Waals surface area contributed by atoms with Gasteiger partial charge in [-0.2, -0.15) is 0 Å². The average Bonchev–Trinajstić information content (AvgIpc) is 3.12. The lowest BCUT2D eigenvalue weighted by molar-refractivity contribution is 0.0521. The Labute approximate surface area is 209 Å². The molecule has 0 spiro atoms. The van der Waals surface area contributed by atoms with Crippen LogP contribution in [0.5, 0.6) is 0 Å². The van der Waals surface area contributed by atoms with Gasteiger partial charge in [0.05, 0.1) is 6.54 Å². The maximum absolute atomic E-state index is 13.8. The van der Waals surface area contributed by atoms with E-state index >= 15 is 0 Å². The van der Waals surface area contributed by atoms with Gasteiger partial charge in [0.1, 0.15) is 17.2 Å². The molecule has 2 aromatic carbocycles. The summed E-state index contributed by atoms with van der Waals surface area (Å²) in [6.07, 6.45) is 3.15. The number of hydrogen-bond donors (Lipinski definition) is 1. The lowest BCUT2D eigenvalue weighted by atomic mass is 10.2. The number of alkyl carbamates (subject to hydrolysis) is 1. The number of benzene rings is 2. The molecule has 0 aliphatic carbocycles. The largest absolute Gasteiger partial charge is 0.444 e. The quantitative estimate of drug-likeness (QED) is 0.392. The number of rotatable bonds is 9. The van der Waals surface area contributed by atoms with Gasteiger partial charge in [-0.1, -0.05) is 35.3 Å². The van der Waals surface area contributed by atoms with Crippen LogP contribution in [0, 0.1) is 5.82 Å². The maximum Gasteiger partial charge on any atom is 0.407 e. The molecule has 1 amide bonds. The number of carbonyl (C=O) groups is 1. The predicted molar refractivity (Wildman–Crippen MR) is 133 cm³/mol. The number of amides is 1. The van der Waals surface area contributed by atoms with Crippen molar-refractivity contribution in [3.63, 3.8) is 0 Å². The average molecular weight is 507 g/mol. The summed E-state index contributed by atoms with van der Waals surface area (Å²) < 4.78 is 21.1. The summed E-state index contributed by atoms with van der Waals surface area (Å²) >= 11 is 12.3. The van der Waals surface area contributed by atoms with Crippen molar-refractivity contribution in [2.24, 2.45) is 0 Å². The van der Waals surface area contributed by atoms with Gasteiger partial charge in [0.2, 0.25) is 0 Å². The van der Waals surface area contributed by atoms with Crippen molar-refractivity contribution in [1.29, 1.82) is 0 Å². The summed E-state index contributed by atoms with van der Waals surface area (Å²) in [7, 11) is 0. The fourth-order valence-corrected chi connectivity index (χ4v) is 4.04. The molecule has 0 radical (unpaired) electrons. The Morgan fingerprint density at radius 1 is 1.12 bits per heavy atom. The second kappa shape index (κ2) is 11.7. The summed E-state index contributed by atoms with van der Waals surface area (Å²) in [5.41, 5.74) is 1.22. The maximum atomic E-state index is 13.8. The summed E-state index contributed by atoms with van der Waals surface area (Å²) in [5, 5.41) is 3.93. The van der Waals surface area contributed by atoms with Crippen LogP contribution in [-0.2, 0) is 24.4 Å². The molecule has 34 heavy (non-hydrogen) atoms. The smallest absolute Gasteiger partial charge is 0.407 e. The van der Waals surface area contributed by atoms with Gasteiger partial charge in [-0.3, -0.25) is 4.90 Å². The van der Waals surface area contributed by atoms with Crippen LogP contribution in [0.1, 0.15) is 37.7 Å². The molecule has 1 aromatic heterocycles. The van der Waals surface area contributed by atoms with E-state index in [0.717, 1.165) is 17.0 Å². The van der Waals surface area contributed by atoms with Gasteiger partial charge in [-0.25, -0.2) is 14.2 Å². The number of imidazole rings is 1. The van der Waals surface area contributed by atoms with E-state index in [-0.39, 0.29) is 5.82 Å². The molecule has 182 valence electrons. The molecule has 0 aliphatic heterocycles. The molecule has 3 rings (SSSR count). The van der Waals surface area contributed by atoms with Crippen molar-refractivity contribution in [3.05, 3.63) is 87.7 Å². The SMILES string of the molecule is CC(C)(C)OC(=O)NCCN(Cc1cccc(F)c1)Cc1nccn1Cc1cc(Cl)cc(Cl)c1. The first-order chi connectivity index (χ1) is 16.1. The Hall–Kier alpha value is -2.61. The summed E-state index contributed by atoms with van der Waals surface area (Å²) in [5.74, 6) is 0.536. The summed E-state index contributed by atoms with van der Waals surface area (Å²) in [6, 6.07) is 11.9. The number of hydrogen-bond acceptors (Lipinski definition) is 4. The van der Waals surface area contributed by atoms with Crippen LogP contribution in [0.25, 0.3) is 0 Å². The Kier molecular flexibility index (Phi) is 8.94. The third-order valence-corrected chi connectivity index (χ3v) is 5.27. The molecule has 1 N–H and O–H groups in total. The van der Waals surface area contributed by atoms with E-state index in [4.69, 9.17) is 27.9 Å². The van der Waals surface area contributed by atoms with Gasteiger partial charge in [0.15, 0.2) is 0 Å². The highest BCUT2D eigenvalue weighted by Gasteiger charge is 2.17. The second-order valence-electron chi connectivity index (χ2n) is 9.02. The predicted octanol–water partition coefficient (Wildman–Crippen LogP) is 5.90. The second-order valence-corrected chi connectivity index (χ2v) is 9.89. The zero-order valence-electron chi connectivity index (χ0n) is 19.5. The number of nitrogens with zero attached hydrogens (tertiary/aromatic N) is 3. The molecule has 0 saturated heterocycles. The van der Waals surface area contributed by atoms with Crippen LogP contribution in [0.2, 0.25) is 10.0 Å². The number of halogens is 3. The van der Waals surface area contributed by atoms with Gasteiger partial charge in [0.25, 0.3) is 0 Å². The molecular weight excluding hydrogens is 478 g/mol. The zero-order valence-corrected chi connectivity index (χ0v) is 21.0. The van der Waals surface area contributed by atoms with Crippen molar-refractivity contribution in [2.75, 3.05) is 13.1 Å². The molecule has 3 aromatic rings. The highest BCUT2D eigenvalue weighted by molar-refractivity contribution is 6.34. The number of aromatic nitrogens is 2. The number of nitrogens with one attached hydrogen (secondary N) is 1. The van der Waals surface area contributed by atoms with E-state index in [1.807, 2.05) is 49.7 Å². The van der Waals surface area contributed by atoms with E-state index in [1.165, 1.54) is 12.1 Å². The molecule has 0 aliphatic rings. The van der Waals surface area contributed by atoms with Crippen molar-refractivity contribution >= 4 is 29.3 Å². The molecule has 0 unspecified atom stereocenters. The van der Waals surface area contributed by atoms with Gasteiger partial charge in [-0.15, -0.1) is 0 Å². The van der Waals surface area contributed by atoms with E-state index in [9.17, 15) is 9.18 Å². The van der Waals surface area contributed by atoms with E-state index in [1.54, 1.807) is 18.3 Å². The van der Waals surface area contributed by atoms with Crippen molar-refractivity contribution in [3.8, 4) is 0 Å². The van der Waals surface area contributed by atoms with Crippen LogP contribution in [-0.4, -0.2) is 39.2 Å². The molecule has 9 heteroatoms. The first-order valence-corrected chi connectivity index (χ1v) is 11.7. The molecule has 0 fully saturated rings. The topological polar surface area (TPSA) is 59.4 Å². The first-order valence-electron chi connectivity index (χ1n) is 11.0. The van der Waals surface area contributed by atoms with E-state index in [0.29, 0.717) is 42.8 Å². The molecule has 0 bridgehead atoms. The minimum absolute atomic E-state index is 0.288. The third kappa shape index (κ3) is 8.63. The third-order valence-electron chi connectivity index (χ3n) is 4.83. The van der Waals surface area contributed by atoms with Gasteiger partial charge >= 0.3 is 6.09 Å². The first kappa shape index (κ1) is 26.0. The highest BCUT2D eigenvalue weighted by atomic mass is 35.5. The van der Waals surface area contributed by atoms with Gasteiger partial charge in [0, 0.05) is 48.6 Å². The Bertz CT molecular complexity index is 1090. The van der Waals surface area contributed by atoms with E-state index in [2.05, 4.69) is 15.2 Å². The minimum atomic E-state index is -0.570. The molecule has 1 heterocycles. The molecule has 0 saturated carbocycles. The Morgan fingerprint density at radius 2 is 1.85 bits per heavy atom. The Morgan fingerprint density at radius 3 is 2.53 bits per heavy atom. The van der Waals surface area contributed by atoms with Crippen LogP contribution in [0.15, 0.2) is 54.9 Å². The van der Waals surface area contributed by atoms with Gasteiger partial charge in [-0.05, 0) is 62.2 Å². The lowest BCUT2D eigenvalue weighted by Crippen LogP contribution is -2.38. The minimum Gasteiger partial charge on any atom is -0.444 e. The normalized spacial score (nSPS) is 11.6. The summed E-state index contributed by atoms with van der Waals surface area (Å²) in [4.78, 5) is 18.6. The highest BCUT2D eigenvalue weighted by Crippen LogP contribution is 2.20. The van der Waals surface area contributed by atoms with Crippen molar-refractivity contribution in [1.82, 2.24) is 19.8 Å². The van der Waals surface area contributed by atoms with Crippen LogP contribution < -0.4 is 5.32 Å². The molecule has 6 nitrogen and oxygen atoms in total. The number of ether oxygens (including phenoxy) is 1. The molecular formula is C25H29Cl2FN4O2. The lowest BCUT2D eigenvalue weighted by Gasteiger charge is -2.24. The zero-order chi connectivity index (χ0) is 24.7. The summed E-state index contributed by atoms with van der Waals surface area (Å²) in [6.45, 7) is 7.87. The van der Waals surface area contributed by atoms with Crippen molar-refractivity contribution in [2.45, 2.75) is 46.0 Å². The van der Waals surface area contributed by atoms with Crippen LogP contribution in [0.3, 0.4) is 0 Å². The fourth-order valence-electron chi connectivity index (χ4n) is 3.47. The molecule has 0 atom stereocenters. The van der Waals surface area contributed by atoms with Crippen LogP contribution in [0.4, 0.5) is 9.18 Å².